The Bertz CT molecular complexity index is 694. The zero-order valence-corrected chi connectivity index (χ0v) is 14.7. The number of hydrogen-bond donors (Lipinski definition) is 2. The average Bonchev–Trinajstić information content (AvgIpc) is 2.64. The molecular weight excluding hydrogens is 316 g/mol. The molecule has 0 bridgehead atoms. The van der Waals surface area contributed by atoms with E-state index in [-0.39, 0.29) is 11.8 Å². The predicted molar refractivity (Wildman–Crippen MR) is 97.8 cm³/mol. The Morgan fingerprint density at radius 3 is 2.20 bits per heavy atom. The van der Waals surface area contributed by atoms with Crippen molar-refractivity contribution in [3.8, 4) is 5.75 Å². The standard InChI is InChI=1S/C20H24N2O3/c1-15-3-5-16(6-4-15)7-12-19(23)21-13-14-22-20(24)17-8-10-18(25-2)11-9-17/h3-6,8-11H,7,12-14H2,1-2H3,(H,21,23)(H,22,24). The van der Waals surface area contributed by atoms with Crippen molar-refractivity contribution >= 4 is 11.8 Å². The van der Waals surface area contributed by atoms with Gasteiger partial charge in [-0.25, -0.2) is 0 Å². The highest BCUT2D eigenvalue weighted by molar-refractivity contribution is 5.94. The fourth-order valence-corrected chi connectivity index (χ4v) is 2.32. The van der Waals surface area contributed by atoms with Crippen molar-refractivity contribution in [2.45, 2.75) is 19.8 Å². The number of carbonyl (C=O) groups is 2. The highest BCUT2D eigenvalue weighted by atomic mass is 16.5. The van der Waals surface area contributed by atoms with Crippen LogP contribution < -0.4 is 15.4 Å². The van der Waals surface area contributed by atoms with Crippen molar-refractivity contribution in [3.05, 3.63) is 65.2 Å². The molecule has 0 aliphatic rings. The number of benzene rings is 2. The molecule has 2 amide bonds. The van der Waals surface area contributed by atoms with Gasteiger partial charge in [-0.05, 0) is 43.2 Å². The monoisotopic (exact) mass is 340 g/mol. The van der Waals surface area contributed by atoms with Gasteiger partial charge in [-0.1, -0.05) is 29.8 Å². The summed E-state index contributed by atoms with van der Waals surface area (Å²) in [5.41, 5.74) is 2.92. The van der Waals surface area contributed by atoms with Crippen molar-refractivity contribution in [2.75, 3.05) is 20.2 Å². The molecule has 5 nitrogen and oxygen atoms in total. The molecule has 25 heavy (non-hydrogen) atoms. The van der Waals surface area contributed by atoms with Gasteiger partial charge >= 0.3 is 0 Å². The van der Waals surface area contributed by atoms with E-state index in [0.717, 1.165) is 5.56 Å². The maximum atomic E-state index is 12.0. The smallest absolute Gasteiger partial charge is 0.251 e. The Morgan fingerprint density at radius 1 is 0.920 bits per heavy atom. The van der Waals surface area contributed by atoms with E-state index in [0.29, 0.717) is 37.2 Å². The summed E-state index contributed by atoms with van der Waals surface area (Å²) < 4.78 is 5.06. The second kappa shape index (κ2) is 9.47. The molecule has 0 saturated heterocycles. The molecule has 0 spiro atoms. The van der Waals surface area contributed by atoms with E-state index in [9.17, 15) is 9.59 Å². The lowest BCUT2D eigenvalue weighted by atomic mass is 10.1. The van der Waals surface area contributed by atoms with Gasteiger partial charge in [0.25, 0.3) is 5.91 Å². The van der Waals surface area contributed by atoms with Gasteiger partial charge < -0.3 is 15.4 Å². The van der Waals surface area contributed by atoms with Crippen LogP contribution in [0.2, 0.25) is 0 Å². The summed E-state index contributed by atoms with van der Waals surface area (Å²) in [5.74, 6) is 0.521. The summed E-state index contributed by atoms with van der Waals surface area (Å²) in [6, 6.07) is 15.0. The van der Waals surface area contributed by atoms with Gasteiger partial charge in [0.15, 0.2) is 0 Å². The van der Waals surface area contributed by atoms with Gasteiger partial charge in [-0.15, -0.1) is 0 Å². The molecule has 0 heterocycles. The van der Waals surface area contributed by atoms with E-state index in [4.69, 9.17) is 4.74 Å². The van der Waals surface area contributed by atoms with E-state index in [1.165, 1.54) is 5.56 Å². The molecule has 2 aromatic carbocycles. The van der Waals surface area contributed by atoms with Crippen molar-refractivity contribution in [2.24, 2.45) is 0 Å². The van der Waals surface area contributed by atoms with Crippen LogP contribution in [0.3, 0.4) is 0 Å². The Balaban J connectivity index is 1.63. The first-order valence-corrected chi connectivity index (χ1v) is 8.33. The molecule has 0 atom stereocenters. The van der Waals surface area contributed by atoms with Gasteiger partial charge in [-0.3, -0.25) is 9.59 Å². The number of methoxy groups -OCH3 is 1. The number of amides is 2. The van der Waals surface area contributed by atoms with Crippen LogP contribution in [0, 0.1) is 6.92 Å². The van der Waals surface area contributed by atoms with Crippen LogP contribution in [0.4, 0.5) is 0 Å². The maximum Gasteiger partial charge on any atom is 0.251 e. The van der Waals surface area contributed by atoms with Gasteiger partial charge in [0, 0.05) is 25.1 Å². The van der Waals surface area contributed by atoms with E-state index < -0.39 is 0 Å². The summed E-state index contributed by atoms with van der Waals surface area (Å²) in [4.78, 5) is 23.8. The normalized spacial score (nSPS) is 10.2. The lowest BCUT2D eigenvalue weighted by Gasteiger charge is -2.08. The molecule has 0 aliphatic heterocycles. The molecule has 0 aliphatic carbocycles. The van der Waals surface area contributed by atoms with E-state index >= 15 is 0 Å². The lowest BCUT2D eigenvalue weighted by molar-refractivity contribution is -0.121. The molecule has 2 N–H and O–H groups in total. The summed E-state index contributed by atoms with van der Waals surface area (Å²) in [6.45, 7) is 2.84. The van der Waals surface area contributed by atoms with Gasteiger partial charge in [0.1, 0.15) is 5.75 Å². The molecule has 132 valence electrons. The molecule has 0 fully saturated rings. The molecular formula is C20H24N2O3. The third-order valence-electron chi connectivity index (χ3n) is 3.85. The van der Waals surface area contributed by atoms with Crippen LogP contribution in [-0.4, -0.2) is 32.0 Å². The summed E-state index contributed by atoms with van der Waals surface area (Å²) in [6.07, 6.45) is 1.15. The Hall–Kier alpha value is -2.82. The van der Waals surface area contributed by atoms with Crippen molar-refractivity contribution < 1.29 is 14.3 Å². The minimum absolute atomic E-state index is 0.0146. The second-order valence-corrected chi connectivity index (χ2v) is 5.82. The Morgan fingerprint density at radius 2 is 1.56 bits per heavy atom. The first-order valence-electron chi connectivity index (χ1n) is 8.33. The predicted octanol–water partition coefficient (Wildman–Crippen LogP) is 2.48. The van der Waals surface area contributed by atoms with Crippen molar-refractivity contribution in [1.82, 2.24) is 10.6 Å². The van der Waals surface area contributed by atoms with Crippen molar-refractivity contribution in [1.29, 1.82) is 0 Å². The number of ether oxygens (including phenoxy) is 1. The lowest BCUT2D eigenvalue weighted by Crippen LogP contribution is -2.34. The first-order chi connectivity index (χ1) is 12.1. The third kappa shape index (κ3) is 6.30. The number of carbonyl (C=O) groups excluding carboxylic acids is 2. The number of rotatable bonds is 8. The maximum absolute atomic E-state index is 12.0. The average molecular weight is 340 g/mol. The molecule has 0 saturated carbocycles. The fourth-order valence-electron chi connectivity index (χ4n) is 2.32. The summed E-state index contributed by atoms with van der Waals surface area (Å²) in [7, 11) is 1.58. The first kappa shape index (κ1) is 18.5. The van der Waals surface area contributed by atoms with Gasteiger partial charge in [0.2, 0.25) is 5.91 Å². The van der Waals surface area contributed by atoms with E-state index in [1.54, 1.807) is 31.4 Å². The van der Waals surface area contributed by atoms with E-state index in [1.807, 2.05) is 31.2 Å². The summed E-state index contributed by atoms with van der Waals surface area (Å²) >= 11 is 0. The minimum atomic E-state index is -0.170. The number of hydrogen-bond acceptors (Lipinski definition) is 3. The minimum Gasteiger partial charge on any atom is -0.497 e. The molecule has 0 radical (unpaired) electrons. The third-order valence-corrected chi connectivity index (χ3v) is 3.85. The molecule has 2 aromatic rings. The van der Waals surface area contributed by atoms with Crippen LogP contribution in [0.25, 0.3) is 0 Å². The zero-order valence-electron chi connectivity index (χ0n) is 14.7. The highest BCUT2D eigenvalue weighted by Crippen LogP contribution is 2.11. The molecule has 2 rings (SSSR count). The zero-order chi connectivity index (χ0) is 18.1. The Kier molecular flexibility index (Phi) is 7.01. The fraction of sp³-hybridized carbons (Fsp3) is 0.300. The van der Waals surface area contributed by atoms with Gasteiger partial charge in [-0.2, -0.15) is 0 Å². The second-order valence-electron chi connectivity index (χ2n) is 5.82. The Labute approximate surface area is 148 Å². The summed E-state index contributed by atoms with van der Waals surface area (Å²) in [5, 5.41) is 5.59. The largest absolute Gasteiger partial charge is 0.497 e. The highest BCUT2D eigenvalue weighted by Gasteiger charge is 2.06. The van der Waals surface area contributed by atoms with Gasteiger partial charge in [0.05, 0.1) is 7.11 Å². The van der Waals surface area contributed by atoms with Crippen molar-refractivity contribution in [3.63, 3.8) is 0 Å². The quantitative estimate of drug-likeness (QED) is 0.726. The SMILES string of the molecule is COc1ccc(C(=O)NCCNC(=O)CCc2ccc(C)cc2)cc1. The van der Waals surface area contributed by atoms with Crippen LogP contribution in [0.15, 0.2) is 48.5 Å². The van der Waals surface area contributed by atoms with Crippen LogP contribution >= 0.6 is 0 Å². The number of nitrogens with one attached hydrogen (secondary N) is 2. The van der Waals surface area contributed by atoms with Crippen LogP contribution in [0.5, 0.6) is 5.75 Å². The van der Waals surface area contributed by atoms with Crippen LogP contribution in [-0.2, 0) is 11.2 Å². The molecule has 5 heteroatoms. The van der Waals surface area contributed by atoms with Crippen LogP contribution in [0.1, 0.15) is 27.9 Å². The number of aryl methyl sites for hydroxylation is 2. The molecule has 0 aromatic heterocycles. The molecule has 0 unspecified atom stereocenters. The topological polar surface area (TPSA) is 67.4 Å². The van der Waals surface area contributed by atoms with E-state index in [2.05, 4.69) is 10.6 Å².